The molecule has 0 aliphatic rings. The highest BCUT2D eigenvalue weighted by molar-refractivity contribution is 7.11. The van der Waals surface area contributed by atoms with Gasteiger partial charge in [0.1, 0.15) is 11.4 Å². The van der Waals surface area contributed by atoms with Crippen molar-refractivity contribution in [1.82, 2.24) is 0 Å². The summed E-state index contributed by atoms with van der Waals surface area (Å²) in [5.41, 5.74) is 0.488. The van der Waals surface area contributed by atoms with E-state index >= 15 is 0 Å². The fourth-order valence-electron chi connectivity index (χ4n) is 2.63. The first-order chi connectivity index (χ1) is 14.7. The summed E-state index contributed by atoms with van der Waals surface area (Å²) in [5, 5.41) is 17.2. The number of aliphatic hydroxyl groups is 1. The number of amides is 1. The molecule has 0 radical (unpaired) electrons. The smallest absolute Gasteiger partial charge is 0.338 e. The Morgan fingerprint density at radius 1 is 1.00 bits per heavy atom. The van der Waals surface area contributed by atoms with Crippen LogP contribution in [0.5, 0.6) is 0 Å². The van der Waals surface area contributed by atoms with Gasteiger partial charge in [0.25, 0.3) is 5.91 Å². The summed E-state index contributed by atoms with van der Waals surface area (Å²) in [6.07, 6.45) is 3.28. The first-order valence-corrected chi connectivity index (χ1v) is 11.3. The maximum atomic E-state index is 13.0. The average molecular weight is 454 g/mol. The van der Waals surface area contributed by atoms with Gasteiger partial charge in [-0.3, -0.25) is 4.79 Å². The molecule has 0 spiro atoms. The molecule has 3 rings (SSSR count). The highest BCUT2D eigenvalue weighted by Gasteiger charge is 2.20. The van der Waals surface area contributed by atoms with Crippen LogP contribution in [0.3, 0.4) is 0 Å². The van der Waals surface area contributed by atoms with Crippen molar-refractivity contribution in [3.05, 3.63) is 86.4 Å². The Hall–Kier alpha value is -3.16. The molecule has 0 bridgehead atoms. The summed E-state index contributed by atoms with van der Waals surface area (Å²) in [5.74, 6) is -1.000. The first kappa shape index (κ1) is 22.5. The number of carbonyl (C=O) groups is 2. The maximum Gasteiger partial charge on any atom is 0.338 e. The Bertz CT molecular complexity index is 1090. The molecule has 0 aliphatic heterocycles. The largest absolute Gasteiger partial charge is 0.507 e. The van der Waals surface area contributed by atoms with Crippen molar-refractivity contribution in [3.8, 4) is 0 Å². The van der Waals surface area contributed by atoms with Crippen LogP contribution in [-0.2, 0) is 9.53 Å². The van der Waals surface area contributed by atoms with Gasteiger partial charge in [0, 0.05) is 15.4 Å². The summed E-state index contributed by atoms with van der Waals surface area (Å²) in [6.45, 7) is 5.41. The Kier molecular flexibility index (Phi) is 7.09. The predicted octanol–water partition coefficient (Wildman–Crippen LogP) is 6.39. The average Bonchev–Trinajstić information content (AvgIpc) is 3.40. The van der Waals surface area contributed by atoms with E-state index in [2.05, 4.69) is 5.32 Å². The Morgan fingerprint density at radius 3 is 2.26 bits per heavy atom. The summed E-state index contributed by atoms with van der Waals surface area (Å²) in [7, 11) is 0. The zero-order chi connectivity index (χ0) is 22.4. The number of nitrogens with one attached hydrogen (secondary N) is 1. The van der Waals surface area contributed by atoms with Gasteiger partial charge in [0.2, 0.25) is 0 Å². The van der Waals surface area contributed by atoms with Crippen LogP contribution in [-0.4, -0.2) is 22.6 Å². The third-order valence-electron chi connectivity index (χ3n) is 3.98. The molecule has 5 nitrogen and oxygen atoms in total. The number of ether oxygens (including phenoxy) is 1. The number of rotatable bonds is 6. The van der Waals surface area contributed by atoms with Crippen molar-refractivity contribution in [2.24, 2.45) is 0 Å². The number of hydrogen-bond donors (Lipinski definition) is 2. The summed E-state index contributed by atoms with van der Waals surface area (Å²) in [6, 6.07) is 13.9. The normalized spacial score (nSPS) is 12.5. The number of benzene rings is 1. The number of aliphatic hydroxyl groups excluding tert-OH is 1. The third kappa shape index (κ3) is 6.41. The molecule has 160 valence electrons. The lowest BCUT2D eigenvalue weighted by atomic mass is 10.1. The second-order valence-electron chi connectivity index (χ2n) is 7.62. The van der Waals surface area contributed by atoms with E-state index in [4.69, 9.17) is 4.74 Å². The Balaban J connectivity index is 1.80. The highest BCUT2D eigenvalue weighted by atomic mass is 32.1. The van der Waals surface area contributed by atoms with Gasteiger partial charge in [-0.25, -0.2) is 4.79 Å². The third-order valence-corrected chi connectivity index (χ3v) is 5.70. The molecular formula is C24H23NO4S2. The van der Waals surface area contributed by atoms with Crippen molar-refractivity contribution in [2.45, 2.75) is 26.4 Å². The topological polar surface area (TPSA) is 75.6 Å². The van der Waals surface area contributed by atoms with Crippen LogP contribution < -0.4 is 5.32 Å². The molecule has 0 saturated heterocycles. The van der Waals surface area contributed by atoms with E-state index in [0.29, 0.717) is 16.1 Å². The molecule has 2 aromatic heterocycles. The van der Waals surface area contributed by atoms with E-state index in [1.807, 2.05) is 29.0 Å². The zero-order valence-corrected chi connectivity index (χ0v) is 19.0. The molecule has 0 fully saturated rings. The zero-order valence-electron chi connectivity index (χ0n) is 17.4. The quantitative estimate of drug-likeness (QED) is 0.196. The van der Waals surface area contributed by atoms with Gasteiger partial charge in [0.15, 0.2) is 0 Å². The molecule has 31 heavy (non-hydrogen) atoms. The minimum absolute atomic E-state index is 0.126. The number of esters is 1. The maximum absolute atomic E-state index is 13.0. The lowest BCUT2D eigenvalue weighted by Gasteiger charge is -2.19. The van der Waals surface area contributed by atoms with Crippen LogP contribution in [0.2, 0.25) is 0 Å². The minimum atomic E-state index is -0.585. The van der Waals surface area contributed by atoms with Crippen molar-refractivity contribution < 1.29 is 19.4 Å². The van der Waals surface area contributed by atoms with E-state index < -0.39 is 17.5 Å². The molecule has 0 saturated carbocycles. The predicted molar refractivity (Wildman–Crippen MR) is 127 cm³/mol. The van der Waals surface area contributed by atoms with Crippen molar-refractivity contribution in [3.63, 3.8) is 0 Å². The molecule has 2 N–H and O–H groups in total. The van der Waals surface area contributed by atoms with E-state index in [9.17, 15) is 14.7 Å². The molecule has 0 aliphatic carbocycles. The van der Waals surface area contributed by atoms with Crippen LogP contribution in [0.15, 0.2) is 71.1 Å². The molecule has 2 heterocycles. The van der Waals surface area contributed by atoms with Crippen molar-refractivity contribution in [2.75, 3.05) is 5.32 Å². The van der Waals surface area contributed by atoms with E-state index in [1.54, 1.807) is 57.2 Å². The van der Waals surface area contributed by atoms with Gasteiger partial charge in [-0.2, -0.15) is 0 Å². The standard InChI is InChI=1S/C24H23NO4S2/c1-24(2,3)29-23(28)16-8-10-17(11-9-16)25-22(27)21(20-7-5-15-31-20)19(26)13-12-18-6-4-14-30-18/h4-15,26H,1-3H3,(H,25,27)/b13-12+,21-19-. The SMILES string of the molecule is CC(C)(C)OC(=O)c1ccc(NC(=O)/C(=C(O)/C=C/c2cccs2)c2cccs2)cc1. The molecule has 1 aromatic carbocycles. The second-order valence-corrected chi connectivity index (χ2v) is 9.55. The number of hydrogen-bond acceptors (Lipinski definition) is 6. The summed E-state index contributed by atoms with van der Waals surface area (Å²) in [4.78, 5) is 26.8. The lowest BCUT2D eigenvalue weighted by molar-refractivity contribution is -0.111. The monoisotopic (exact) mass is 453 g/mol. The lowest BCUT2D eigenvalue weighted by Crippen LogP contribution is -2.23. The van der Waals surface area contributed by atoms with Crippen LogP contribution in [0.25, 0.3) is 11.6 Å². The summed E-state index contributed by atoms with van der Waals surface area (Å²) >= 11 is 2.90. The first-order valence-electron chi connectivity index (χ1n) is 9.56. The van der Waals surface area contributed by atoms with Gasteiger partial charge < -0.3 is 15.2 Å². The van der Waals surface area contributed by atoms with Gasteiger partial charge in [-0.15, -0.1) is 22.7 Å². The minimum Gasteiger partial charge on any atom is -0.507 e. The summed E-state index contributed by atoms with van der Waals surface area (Å²) < 4.78 is 5.35. The van der Waals surface area contributed by atoms with Gasteiger partial charge in [-0.1, -0.05) is 12.1 Å². The number of carbonyl (C=O) groups excluding carboxylic acids is 2. The van der Waals surface area contributed by atoms with Crippen LogP contribution in [0, 0.1) is 0 Å². The number of thiophene rings is 2. The number of allylic oxidation sites excluding steroid dienone is 1. The Morgan fingerprint density at radius 2 is 1.68 bits per heavy atom. The van der Waals surface area contributed by atoms with Gasteiger partial charge in [-0.05, 0) is 80.1 Å². The fraction of sp³-hybridized carbons (Fsp3) is 0.167. The molecule has 0 atom stereocenters. The molecule has 0 unspecified atom stereocenters. The van der Waals surface area contributed by atoms with Crippen molar-refractivity contribution >= 4 is 51.9 Å². The molecule has 3 aromatic rings. The highest BCUT2D eigenvalue weighted by Crippen LogP contribution is 2.26. The van der Waals surface area contributed by atoms with Crippen molar-refractivity contribution in [1.29, 1.82) is 0 Å². The van der Waals surface area contributed by atoms with Gasteiger partial charge >= 0.3 is 5.97 Å². The number of anilines is 1. The van der Waals surface area contributed by atoms with E-state index in [1.165, 1.54) is 28.7 Å². The van der Waals surface area contributed by atoms with Crippen LogP contribution in [0.1, 0.15) is 40.9 Å². The van der Waals surface area contributed by atoms with Crippen LogP contribution >= 0.6 is 22.7 Å². The molecule has 7 heteroatoms. The van der Waals surface area contributed by atoms with Crippen LogP contribution in [0.4, 0.5) is 5.69 Å². The molecular weight excluding hydrogens is 430 g/mol. The Labute approximate surface area is 189 Å². The second kappa shape index (κ2) is 9.76. The van der Waals surface area contributed by atoms with E-state index in [0.717, 1.165) is 4.88 Å². The van der Waals surface area contributed by atoms with E-state index in [-0.39, 0.29) is 11.3 Å². The molecule has 1 amide bonds. The van der Waals surface area contributed by atoms with Gasteiger partial charge in [0.05, 0.1) is 11.1 Å². The fourth-order valence-corrected chi connectivity index (χ4v) is 4.02.